The van der Waals surface area contributed by atoms with Crippen molar-refractivity contribution in [1.29, 1.82) is 0 Å². The van der Waals surface area contributed by atoms with Gasteiger partial charge in [0.05, 0.1) is 0 Å². The number of piperazine rings is 1. The quantitative estimate of drug-likeness (QED) is 0.600. The lowest BCUT2D eigenvalue weighted by Crippen LogP contribution is -2.49. The molecule has 1 saturated heterocycles. The highest BCUT2D eigenvalue weighted by Gasteiger charge is 2.13. The first-order chi connectivity index (χ1) is 4.83. The molecule has 1 aliphatic heterocycles. The van der Waals surface area contributed by atoms with Crippen LogP contribution in [0.5, 0.6) is 0 Å². The molecule has 0 aliphatic carbocycles. The first-order valence-electron chi connectivity index (χ1n) is 3.84. The van der Waals surface area contributed by atoms with Gasteiger partial charge in [-0.2, -0.15) is 0 Å². The zero-order chi connectivity index (χ0) is 7.40. The van der Waals surface area contributed by atoms with Gasteiger partial charge in [0, 0.05) is 32.2 Å². The van der Waals surface area contributed by atoms with Gasteiger partial charge in [0.15, 0.2) is 0 Å². The van der Waals surface area contributed by atoms with Gasteiger partial charge in [0.2, 0.25) is 0 Å². The molecule has 1 rings (SSSR count). The molecule has 0 aromatic carbocycles. The van der Waals surface area contributed by atoms with E-state index in [1.807, 2.05) is 0 Å². The van der Waals surface area contributed by atoms with Gasteiger partial charge in [0.25, 0.3) is 0 Å². The van der Waals surface area contributed by atoms with E-state index in [1.165, 1.54) is 0 Å². The minimum absolute atomic E-state index is 0.216. The number of nitrogens with one attached hydrogen (secondary N) is 1. The molecule has 1 heterocycles. The summed E-state index contributed by atoms with van der Waals surface area (Å²) in [4.78, 5) is 2.15. The highest BCUT2D eigenvalue weighted by Crippen LogP contribution is 1.96. The summed E-state index contributed by atoms with van der Waals surface area (Å²) in [6.07, 6.45) is 0. The molecular formula is C7H15FN2. The van der Waals surface area contributed by atoms with Gasteiger partial charge in [-0.05, 0) is 6.92 Å². The topological polar surface area (TPSA) is 15.3 Å². The second-order valence-corrected chi connectivity index (χ2v) is 2.84. The lowest BCUT2D eigenvalue weighted by molar-refractivity contribution is 0.192. The zero-order valence-corrected chi connectivity index (χ0v) is 6.44. The molecule has 1 N–H and O–H groups in total. The number of rotatable bonds is 2. The van der Waals surface area contributed by atoms with Gasteiger partial charge in [0.1, 0.15) is 6.67 Å². The Bertz CT molecular complexity index is 95.6. The molecular weight excluding hydrogens is 131 g/mol. The monoisotopic (exact) mass is 146 g/mol. The Balaban J connectivity index is 2.18. The van der Waals surface area contributed by atoms with Crippen LogP contribution in [0, 0.1) is 0 Å². The van der Waals surface area contributed by atoms with Gasteiger partial charge in [-0.15, -0.1) is 0 Å². The predicted octanol–water partition coefficient (Wildman–Crippen LogP) is 0.250. The molecule has 3 heteroatoms. The van der Waals surface area contributed by atoms with Crippen molar-refractivity contribution in [3.63, 3.8) is 0 Å². The van der Waals surface area contributed by atoms with E-state index in [-0.39, 0.29) is 6.67 Å². The number of hydrogen-bond acceptors (Lipinski definition) is 2. The van der Waals surface area contributed by atoms with Gasteiger partial charge in [-0.1, -0.05) is 0 Å². The fourth-order valence-corrected chi connectivity index (χ4v) is 1.33. The van der Waals surface area contributed by atoms with E-state index in [1.54, 1.807) is 0 Å². The van der Waals surface area contributed by atoms with E-state index in [0.29, 0.717) is 12.6 Å². The van der Waals surface area contributed by atoms with E-state index in [2.05, 4.69) is 17.1 Å². The maximum Gasteiger partial charge on any atom is 0.102 e. The van der Waals surface area contributed by atoms with Crippen LogP contribution in [0.4, 0.5) is 4.39 Å². The van der Waals surface area contributed by atoms with Gasteiger partial charge >= 0.3 is 0 Å². The minimum Gasteiger partial charge on any atom is -0.312 e. The molecule has 0 bridgehead atoms. The van der Waals surface area contributed by atoms with Crippen molar-refractivity contribution in [3.8, 4) is 0 Å². The SMILES string of the molecule is C[C@H]1CN(CCF)CCN1. The predicted molar refractivity (Wildman–Crippen MR) is 39.9 cm³/mol. The van der Waals surface area contributed by atoms with Crippen LogP contribution < -0.4 is 5.32 Å². The molecule has 60 valence electrons. The van der Waals surface area contributed by atoms with Crippen LogP contribution in [0.3, 0.4) is 0 Å². The van der Waals surface area contributed by atoms with Crippen LogP contribution in [-0.2, 0) is 0 Å². The molecule has 1 atom stereocenters. The van der Waals surface area contributed by atoms with Crippen molar-refractivity contribution < 1.29 is 4.39 Å². The Morgan fingerprint density at radius 1 is 1.70 bits per heavy atom. The molecule has 0 amide bonds. The maximum absolute atomic E-state index is 11.8. The zero-order valence-electron chi connectivity index (χ0n) is 6.44. The second-order valence-electron chi connectivity index (χ2n) is 2.84. The molecule has 0 saturated carbocycles. The molecule has 1 aliphatic rings. The fraction of sp³-hybridized carbons (Fsp3) is 1.00. The number of alkyl halides is 1. The largest absolute Gasteiger partial charge is 0.312 e. The smallest absolute Gasteiger partial charge is 0.102 e. The van der Waals surface area contributed by atoms with Crippen molar-refractivity contribution in [2.45, 2.75) is 13.0 Å². The average molecular weight is 146 g/mol. The normalized spacial score (nSPS) is 28.8. The summed E-state index contributed by atoms with van der Waals surface area (Å²) in [6, 6.07) is 0.528. The third kappa shape index (κ3) is 2.23. The Morgan fingerprint density at radius 3 is 3.10 bits per heavy atom. The van der Waals surface area contributed by atoms with E-state index >= 15 is 0 Å². The van der Waals surface area contributed by atoms with Crippen LogP contribution in [-0.4, -0.2) is 43.8 Å². The molecule has 0 radical (unpaired) electrons. The van der Waals surface area contributed by atoms with Crippen LogP contribution in [0.15, 0.2) is 0 Å². The lowest BCUT2D eigenvalue weighted by Gasteiger charge is -2.30. The molecule has 1 fully saturated rings. The molecule has 2 nitrogen and oxygen atoms in total. The summed E-state index contributed by atoms with van der Waals surface area (Å²) in [5.74, 6) is 0. The van der Waals surface area contributed by atoms with Crippen LogP contribution in [0.25, 0.3) is 0 Å². The van der Waals surface area contributed by atoms with Crippen LogP contribution in [0.2, 0.25) is 0 Å². The second kappa shape index (κ2) is 3.88. The van der Waals surface area contributed by atoms with Crippen molar-refractivity contribution in [3.05, 3.63) is 0 Å². The average Bonchev–Trinajstić information content (AvgIpc) is 1.88. The van der Waals surface area contributed by atoms with Crippen molar-refractivity contribution in [1.82, 2.24) is 10.2 Å². The maximum atomic E-state index is 11.8. The minimum atomic E-state index is -0.216. The Morgan fingerprint density at radius 2 is 2.50 bits per heavy atom. The Kier molecular flexibility index (Phi) is 3.09. The van der Waals surface area contributed by atoms with Crippen LogP contribution >= 0.6 is 0 Å². The number of nitrogens with zero attached hydrogens (tertiary/aromatic N) is 1. The molecule has 10 heavy (non-hydrogen) atoms. The standard InChI is InChI=1S/C7H15FN2/c1-7-6-10(4-2-8)5-3-9-7/h7,9H,2-6H2,1H3/t7-/m0/s1. The third-order valence-corrected chi connectivity index (χ3v) is 1.85. The van der Waals surface area contributed by atoms with Crippen molar-refractivity contribution in [2.24, 2.45) is 0 Å². The molecule has 0 unspecified atom stereocenters. The van der Waals surface area contributed by atoms with E-state index < -0.39 is 0 Å². The highest BCUT2D eigenvalue weighted by molar-refractivity contribution is 4.74. The summed E-state index contributed by atoms with van der Waals surface area (Å²) >= 11 is 0. The third-order valence-electron chi connectivity index (χ3n) is 1.85. The fourth-order valence-electron chi connectivity index (χ4n) is 1.33. The van der Waals surface area contributed by atoms with E-state index in [0.717, 1.165) is 19.6 Å². The number of halogens is 1. The summed E-state index contributed by atoms with van der Waals surface area (Å²) < 4.78 is 11.8. The van der Waals surface area contributed by atoms with Gasteiger partial charge < -0.3 is 5.32 Å². The number of hydrogen-bond donors (Lipinski definition) is 1. The van der Waals surface area contributed by atoms with Crippen molar-refractivity contribution in [2.75, 3.05) is 32.9 Å². The van der Waals surface area contributed by atoms with E-state index in [9.17, 15) is 4.39 Å². The lowest BCUT2D eigenvalue weighted by atomic mass is 10.2. The van der Waals surface area contributed by atoms with Gasteiger partial charge in [-0.3, -0.25) is 4.90 Å². The summed E-state index contributed by atoms with van der Waals surface area (Å²) in [6.45, 7) is 5.50. The van der Waals surface area contributed by atoms with Gasteiger partial charge in [-0.25, -0.2) is 4.39 Å². The first kappa shape index (κ1) is 7.95. The summed E-state index contributed by atoms with van der Waals surface area (Å²) in [5.41, 5.74) is 0. The molecule has 0 aromatic rings. The van der Waals surface area contributed by atoms with Crippen molar-refractivity contribution >= 4 is 0 Å². The first-order valence-corrected chi connectivity index (χ1v) is 3.84. The molecule has 0 spiro atoms. The van der Waals surface area contributed by atoms with E-state index in [4.69, 9.17) is 0 Å². The highest BCUT2D eigenvalue weighted by atomic mass is 19.1. The Hall–Kier alpha value is -0.150. The summed E-state index contributed by atoms with van der Waals surface area (Å²) in [5, 5.41) is 3.31. The summed E-state index contributed by atoms with van der Waals surface area (Å²) in [7, 11) is 0. The van der Waals surface area contributed by atoms with Crippen LogP contribution in [0.1, 0.15) is 6.92 Å². The molecule has 0 aromatic heterocycles. The Labute approximate surface area is 61.4 Å².